The lowest BCUT2D eigenvalue weighted by Crippen LogP contribution is -2.58. The molecule has 3 unspecified atom stereocenters. The van der Waals surface area contributed by atoms with E-state index in [1.54, 1.807) is 29.2 Å². The summed E-state index contributed by atoms with van der Waals surface area (Å²) in [5.41, 5.74) is 4.03. The van der Waals surface area contributed by atoms with Crippen molar-refractivity contribution in [3.05, 3.63) is 179 Å². The summed E-state index contributed by atoms with van der Waals surface area (Å²) >= 11 is 0. The number of hydrogen-bond donors (Lipinski definition) is 0. The molecule has 0 saturated carbocycles. The molecule has 0 N–H and O–H groups in total. The molecule has 0 radical (unpaired) electrons. The molecule has 7 atom stereocenters. The third kappa shape index (κ3) is 18.4. The number of ether oxygens (including phenoxy) is 8. The number of benzene rings is 5. The van der Waals surface area contributed by atoms with E-state index < -0.39 is 60.9 Å². The summed E-state index contributed by atoms with van der Waals surface area (Å²) in [5, 5.41) is 0. The van der Waals surface area contributed by atoms with Gasteiger partial charge in [-0.1, -0.05) is 217 Å². The highest BCUT2D eigenvalue weighted by Crippen LogP contribution is 2.31. The second kappa shape index (κ2) is 31.6. The molecule has 0 aliphatic carbocycles. The molecule has 2 aliphatic heterocycles. The number of carbonyl (C=O) groups excluding carboxylic acids is 3. The molecule has 2 fully saturated rings. The first-order valence-corrected chi connectivity index (χ1v) is 27.1. The second-order valence-electron chi connectivity index (χ2n) is 19.5. The van der Waals surface area contributed by atoms with Crippen molar-refractivity contribution in [3.63, 3.8) is 0 Å². The molecule has 0 spiro atoms. The minimum Gasteiger partial charge on any atom is -0.453 e. The molecule has 2 aliphatic rings. The Morgan fingerprint density at radius 2 is 1.09 bits per heavy atom. The first kappa shape index (κ1) is 55.7. The third-order valence-electron chi connectivity index (χ3n) is 13.8. The van der Waals surface area contributed by atoms with E-state index in [1.165, 1.54) is 57.8 Å². The zero-order chi connectivity index (χ0) is 51.4. The van der Waals surface area contributed by atoms with Crippen molar-refractivity contribution in [2.75, 3.05) is 19.8 Å². The zero-order valence-electron chi connectivity index (χ0n) is 43.3. The van der Waals surface area contributed by atoms with Crippen LogP contribution in [0.1, 0.15) is 129 Å². The van der Waals surface area contributed by atoms with E-state index in [-0.39, 0.29) is 46.0 Å². The Hall–Kier alpha value is -6.05. The van der Waals surface area contributed by atoms with Crippen LogP contribution >= 0.6 is 0 Å². The van der Waals surface area contributed by atoms with Crippen LogP contribution in [0, 0.1) is 0 Å². The van der Waals surface area contributed by atoms with Gasteiger partial charge in [0.25, 0.3) is 0 Å². The lowest BCUT2D eigenvalue weighted by molar-refractivity contribution is -0.231. The fourth-order valence-corrected chi connectivity index (χ4v) is 9.71. The van der Waals surface area contributed by atoms with Crippen LogP contribution in [0.15, 0.2) is 152 Å². The molecule has 5 aromatic carbocycles. The number of nitrogens with zero attached hydrogens (tertiary/aromatic N) is 1. The highest BCUT2D eigenvalue weighted by atomic mass is 16.8. The van der Waals surface area contributed by atoms with Crippen LogP contribution in [-0.4, -0.2) is 85.6 Å². The van der Waals surface area contributed by atoms with Gasteiger partial charge in [0.2, 0.25) is 0 Å². The minimum absolute atomic E-state index is 0.0104. The summed E-state index contributed by atoms with van der Waals surface area (Å²) < 4.78 is 50.6. The predicted octanol–water partition coefficient (Wildman–Crippen LogP) is 13.4. The number of hydrogen-bond acceptors (Lipinski definition) is 11. The SMILES string of the molecule is CCCCCCCCCCCCCCC1OC(=O)O[C@H]1[C@H](CCOCC1OC[C@@H](OCc2ccccc2)C(OCc2ccccc2)[C@H]1OC(=O)c1ccccc1)N(Cc1ccccc1)C(=O)OCc1ccccc1. The lowest BCUT2D eigenvalue weighted by Gasteiger charge is -2.41. The molecule has 74 heavy (non-hydrogen) atoms. The van der Waals surface area contributed by atoms with Crippen LogP contribution in [0.5, 0.6) is 0 Å². The summed E-state index contributed by atoms with van der Waals surface area (Å²) in [7, 11) is 0. The van der Waals surface area contributed by atoms with Crippen LogP contribution < -0.4 is 0 Å². The van der Waals surface area contributed by atoms with Crippen LogP contribution in [0.3, 0.4) is 0 Å². The van der Waals surface area contributed by atoms with E-state index in [0.29, 0.717) is 18.6 Å². The van der Waals surface area contributed by atoms with E-state index >= 15 is 0 Å². The van der Waals surface area contributed by atoms with Gasteiger partial charge in [0.1, 0.15) is 31.0 Å². The Labute approximate surface area is 438 Å². The maximum Gasteiger partial charge on any atom is 0.509 e. The first-order chi connectivity index (χ1) is 36.4. The fraction of sp³-hybridized carbons (Fsp3) is 0.468. The van der Waals surface area contributed by atoms with Gasteiger partial charge in [-0.3, -0.25) is 4.90 Å². The molecule has 2 heterocycles. The molecule has 7 rings (SSSR count). The molecule has 5 aromatic rings. The molecule has 2 saturated heterocycles. The molecule has 1 amide bonds. The number of unbranched alkanes of at least 4 members (excludes halogenated alkanes) is 11. The van der Waals surface area contributed by atoms with Gasteiger partial charge in [-0.25, -0.2) is 14.4 Å². The van der Waals surface area contributed by atoms with Gasteiger partial charge >= 0.3 is 18.2 Å². The van der Waals surface area contributed by atoms with E-state index in [0.717, 1.165) is 41.5 Å². The van der Waals surface area contributed by atoms with Gasteiger partial charge in [0.15, 0.2) is 12.2 Å². The van der Waals surface area contributed by atoms with Gasteiger partial charge < -0.3 is 37.9 Å². The van der Waals surface area contributed by atoms with Crippen molar-refractivity contribution in [2.24, 2.45) is 0 Å². The van der Waals surface area contributed by atoms with Crippen molar-refractivity contribution in [1.82, 2.24) is 4.90 Å². The highest BCUT2D eigenvalue weighted by Gasteiger charge is 2.47. The lowest BCUT2D eigenvalue weighted by atomic mass is 9.96. The van der Waals surface area contributed by atoms with Gasteiger partial charge in [-0.15, -0.1) is 0 Å². The quantitative estimate of drug-likeness (QED) is 0.0232. The average molecular weight is 1010 g/mol. The number of carbonyl (C=O) groups is 3. The zero-order valence-corrected chi connectivity index (χ0v) is 43.3. The van der Waals surface area contributed by atoms with Gasteiger partial charge in [0.05, 0.1) is 38.0 Å². The van der Waals surface area contributed by atoms with Crippen molar-refractivity contribution < 1.29 is 52.3 Å². The number of esters is 1. The predicted molar refractivity (Wildman–Crippen MR) is 284 cm³/mol. The minimum atomic E-state index is -0.941. The summed E-state index contributed by atoms with van der Waals surface area (Å²) in [4.78, 5) is 43.2. The number of rotatable bonds is 32. The van der Waals surface area contributed by atoms with Crippen molar-refractivity contribution in [3.8, 4) is 0 Å². The van der Waals surface area contributed by atoms with Gasteiger partial charge in [-0.2, -0.15) is 0 Å². The Bertz CT molecular complexity index is 2320. The van der Waals surface area contributed by atoms with Crippen LogP contribution in [0.4, 0.5) is 9.59 Å². The molecule has 396 valence electrons. The molecular weight excluding hydrogens is 935 g/mol. The van der Waals surface area contributed by atoms with Crippen LogP contribution in [-0.2, 0) is 64.3 Å². The monoisotopic (exact) mass is 1010 g/mol. The standard InChI is InChI=1S/C62H77NO11/c1-2-3-4-5-6-7-8-9-10-11-12-28-39-54-57(74-62(66)72-54)53(63(42-48-29-18-13-19-30-48)61(65)71-45-51-35-24-16-25-36-51)40-41-67-46-55-59(73-60(64)52-37-26-17-27-38-52)58(70-44-50-33-22-15-23-34-50)56(47-69-55)68-43-49-31-20-14-21-32-49/h13-27,29-38,53-59H,2-12,28,39-47H2,1H3/t53-,54?,55?,56+,57-,58?,59-/m0/s1. The van der Waals surface area contributed by atoms with Gasteiger partial charge in [-0.05, 0) is 53.6 Å². The summed E-state index contributed by atoms with van der Waals surface area (Å²) in [6.07, 6.45) is 9.60. The fourth-order valence-electron chi connectivity index (χ4n) is 9.71. The highest BCUT2D eigenvalue weighted by molar-refractivity contribution is 5.89. The smallest absolute Gasteiger partial charge is 0.453 e. The molecular formula is C62H77NO11. The second-order valence-corrected chi connectivity index (χ2v) is 19.5. The van der Waals surface area contributed by atoms with Crippen molar-refractivity contribution >= 4 is 18.2 Å². The molecule has 12 heteroatoms. The maximum atomic E-state index is 14.5. The number of amides is 1. The molecule has 12 nitrogen and oxygen atoms in total. The Morgan fingerprint density at radius 1 is 0.581 bits per heavy atom. The Kier molecular flexibility index (Phi) is 23.8. The van der Waals surface area contributed by atoms with Crippen LogP contribution in [0.2, 0.25) is 0 Å². The summed E-state index contributed by atoms with van der Waals surface area (Å²) in [6, 6.07) is 47.0. The normalized spacial score (nSPS) is 19.8. The summed E-state index contributed by atoms with van der Waals surface area (Å²) in [6.45, 7) is 3.31. The first-order valence-electron chi connectivity index (χ1n) is 27.1. The third-order valence-corrected chi connectivity index (χ3v) is 13.8. The number of cyclic esters (lactones) is 2. The molecule has 0 bridgehead atoms. The van der Waals surface area contributed by atoms with Crippen molar-refractivity contribution in [1.29, 1.82) is 0 Å². The Morgan fingerprint density at radius 3 is 1.68 bits per heavy atom. The van der Waals surface area contributed by atoms with E-state index in [2.05, 4.69) is 6.92 Å². The maximum absolute atomic E-state index is 14.5. The average Bonchev–Trinajstić information content (AvgIpc) is 3.82. The topological polar surface area (TPSA) is 128 Å². The summed E-state index contributed by atoms with van der Waals surface area (Å²) in [5.74, 6) is -0.533. The van der Waals surface area contributed by atoms with Crippen molar-refractivity contribution in [2.45, 2.75) is 166 Å². The van der Waals surface area contributed by atoms with E-state index in [1.807, 2.05) is 127 Å². The largest absolute Gasteiger partial charge is 0.509 e. The van der Waals surface area contributed by atoms with E-state index in [4.69, 9.17) is 37.9 Å². The van der Waals surface area contributed by atoms with Crippen LogP contribution in [0.25, 0.3) is 0 Å². The molecule has 0 aromatic heterocycles. The van der Waals surface area contributed by atoms with E-state index in [9.17, 15) is 14.4 Å². The van der Waals surface area contributed by atoms with Gasteiger partial charge in [0, 0.05) is 13.2 Å². The Balaban J connectivity index is 1.07.